The summed E-state index contributed by atoms with van der Waals surface area (Å²) in [6.45, 7) is 0.282. The van der Waals surface area contributed by atoms with Crippen molar-refractivity contribution in [2.24, 2.45) is 7.05 Å². The second kappa shape index (κ2) is 11.4. The number of nitrogens with one attached hydrogen (secondary N) is 1. The number of aromatic nitrogens is 5. The van der Waals surface area contributed by atoms with Crippen molar-refractivity contribution in [3.63, 3.8) is 0 Å². The lowest BCUT2D eigenvalue weighted by molar-refractivity contribution is 0.0950. The molecule has 4 aromatic heterocycles. The van der Waals surface area contributed by atoms with Crippen molar-refractivity contribution in [1.82, 2.24) is 29.6 Å². The number of rotatable bonds is 8. The van der Waals surface area contributed by atoms with Gasteiger partial charge < -0.3 is 14.8 Å². The highest BCUT2D eigenvalue weighted by Gasteiger charge is 2.26. The first-order chi connectivity index (χ1) is 20.5. The fourth-order valence-corrected chi connectivity index (χ4v) is 4.78. The van der Waals surface area contributed by atoms with E-state index in [4.69, 9.17) is 9.47 Å². The van der Waals surface area contributed by atoms with Crippen LogP contribution in [0.1, 0.15) is 15.9 Å². The molecule has 6 aromatic rings. The molecule has 10 heteroatoms. The molecule has 2 aromatic carbocycles. The maximum atomic E-state index is 13.8. The van der Waals surface area contributed by atoms with Crippen molar-refractivity contribution in [3.8, 4) is 34.3 Å². The highest BCUT2D eigenvalue weighted by molar-refractivity contribution is 6.00. The summed E-state index contributed by atoms with van der Waals surface area (Å²) in [5.41, 5.74) is 2.30. The van der Waals surface area contributed by atoms with Gasteiger partial charge in [-0.1, -0.05) is 30.3 Å². The minimum absolute atomic E-state index is 0.0143. The number of carbonyl (C=O) groups excluding carboxylic acids is 1. The van der Waals surface area contributed by atoms with Crippen LogP contribution < -0.4 is 20.3 Å². The predicted molar refractivity (Wildman–Crippen MR) is 158 cm³/mol. The number of pyridine rings is 3. The van der Waals surface area contributed by atoms with Gasteiger partial charge in [-0.15, -0.1) is 0 Å². The lowest BCUT2D eigenvalue weighted by atomic mass is 10.1. The van der Waals surface area contributed by atoms with Gasteiger partial charge in [0.25, 0.3) is 11.5 Å². The Kier molecular flexibility index (Phi) is 7.17. The predicted octanol–water partition coefficient (Wildman–Crippen LogP) is 4.91. The molecule has 6 rings (SSSR count). The summed E-state index contributed by atoms with van der Waals surface area (Å²) in [6.07, 6.45) is 6.43. The lowest BCUT2D eigenvalue weighted by Crippen LogP contribution is -2.30. The van der Waals surface area contributed by atoms with Gasteiger partial charge in [0.1, 0.15) is 22.8 Å². The molecule has 0 aliphatic rings. The van der Waals surface area contributed by atoms with Crippen LogP contribution in [0, 0.1) is 0 Å². The van der Waals surface area contributed by atoms with E-state index in [1.54, 1.807) is 67.8 Å². The topological polar surface area (TPSA) is 113 Å². The summed E-state index contributed by atoms with van der Waals surface area (Å²) in [4.78, 5) is 40.2. The Labute approximate surface area is 240 Å². The highest BCUT2D eigenvalue weighted by Crippen LogP contribution is 2.31. The SMILES string of the molecule is COc1ccc2c(Oc3ccc(-n4c(=O)c(C(=O)NCc5ccccc5)c(-c5ccncc5)n4C)nc3)ccnc2c1. The Morgan fingerprint density at radius 3 is 2.43 bits per heavy atom. The zero-order valence-corrected chi connectivity index (χ0v) is 22.9. The van der Waals surface area contributed by atoms with Crippen molar-refractivity contribution >= 4 is 16.8 Å². The zero-order valence-electron chi connectivity index (χ0n) is 22.9. The van der Waals surface area contributed by atoms with E-state index in [2.05, 4.69) is 20.3 Å². The monoisotopic (exact) mass is 558 g/mol. The molecule has 0 saturated heterocycles. The molecule has 0 atom stereocenters. The molecule has 0 aliphatic carbocycles. The van der Waals surface area contributed by atoms with Crippen molar-refractivity contribution < 1.29 is 14.3 Å². The molecule has 0 saturated carbocycles. The van der Waals surface area contributed by atoms with Crippen molar-refractivity contribution in [3.05, 3.63) is 125 Å². The maximum absolute atomic E-state index is 13.8. The normalized spacial score (nSPS) is 10.9. The van der Waals surface area contributed by atoms with Crippen molar-refractivity contribution in [1.29, 1.82) is 0 Å². The molecular weight excluding hydrogens is 532 g/mol. The van der Waals surface area contributed by atoms with Gasteiger partial charge in [0.15, 0.2) is 5.82 Å². The Morgan fingerprint density at radius 2 is 1.69 bits per heavy atom. The molecular formula is C32H26N6O4. The van der Waals surface area contributed by atoms with Crippen molar-refractivity contribution in [2.45, 2.75) is 6.54 Å². The van der Waals surface area contributed by atoms with Crippen LogP contribution in [0.15, 0.2) is 108 Å². The lowest BCUT2D eigenvalue weighted by Gasteiger charge is -2.12. The highest BCUT2D eigenvalue weighted by atomic mass is 16.5. The minimum Gasteiger partial charge on any atom is -0.497 e. The van der Waals surface area contributed by atoms with Gasteiger partial charge in [-0.3, -0.25) is 24.2 Å². The minimum atomic E-state index is -0.495. The third kappa shape index (κ3) is 5.08. The van der Waals surface area contributed by atoms with E-state index >= 15 is 0 Å². The number of hydrogen-bond donors (Lipinski definition) is 1. The third-order valence-electron chi connectivity index (χ3n) is 6.82. The first-order valence-corrected chi connectivity index (χ1v) is 13.1. The number of methoxy groups -OCH3 is 1. The Morgan fingerprint density at radius 1 is 0.905 bits per heavy atom. The largest absolute Gasteiger partial charge is 0.497 e. The van der Waals surface area contributed by atoms with Crippen LogP contribution in [-0.4, -0.2) is 37.3 Å². The van der Waals surface area contributed by atoms with Crippen LogP contribution in [0.5, 0.6) is 17.2 Å². The number of fused-ring (bicyclic) bond motifs is 1. The van der Waals surface area contributed by atoms with Gasteiger partial charge >= 0.3 is 0 Å². The molecule has 42 heavy (non-hydrogen) atoms. The summed E-state index contributed by atoms with van der Waals surface area (Å²) >= 11 is 0. The molecule has 1 amide bonds. The van der Waals surface area contributed by atoms with E-state index in [-0.39, 0.29) is 12.1 Å². The first-order valence-electron chi connectivity index (χ1n) is 13.1. The van der Waals surface area contributed by atoms with Crippen molar-refractivity contribution in [2.75, 3.05) is 7.11 Å². The Balaban J connectivity index is 1.34. The molecule has 10 nitrogen and oxygen atoms in total. The fourth-order valence-electron chi connectivity index (χ4n) is 4.78. The van der Waals surface area contributed by atoms with E-state index < -0.39 is 11.5 Å². The van der Waals surface area contributed by atoms with Crippen LogP contribution in [0.25, 0.3) is 28.0 Å². The summed E-state index contributed by atoms with van der Waals surface area (Å²) in [5, 5.41) is 3.70. The molecule has 208 valence electrons. The summed E-state index contributed by atoms with van der Waals surface area (Å²) in [7, 11) is 3.32. The first kappa shape index (κ1) is 26.5. The van der Waals surface area contributed by atoms with E-state index in [1.807, 2.05) is 48.5 Å². The van der Waals surface area contributed by atoms with Gasteiger partial charge in [-0.25, -0.2) is 4.98 Å². The molecule has 0 bridgehead atoms. The van der Waals surface area contributed by atoms with E-state index in [1.165, 1.54) is 10.9 Å². The standard InChI is InChI=1S/C32H26N6O4/c1-37-30(22-12-15-33-16-13-22)29(31(39)36-19-21-6-4-3-5-7-21)32(40)38(37)28-11-9-24(20-35-28)42-27-14-17-34-26-18-23(41-2)8-10-25(26)27/h3-18,20H,19H2,1-2H3,(H,36,39). The van der Waals surface area contributed by atoms with Crippen LogP contribution in [0.3, 0.4) is 0 Å². The summed E-state index contributed by atoms with van der Waals surface area (Å²) in [6, 6.07) is 23.7. The molecule has 0 fully saturated rings. The number of carbonyl (C=O) groups is 1. The second-order valence-electron chi connectivity index (χ2n) is 9.41. The maximum Gasteiger partial charge on any atom is 0.286 e. The van der Waals surface area contributed by atoms with Crippen LogP contribution >= 0.6 is 0 Å². The average molecular weight is 559 g/mol. The number of nitrogens with zero attached hydrogens (tertiary/aromatic N) is 5. The molecule has 0 spiro atoms. The molecule has 1 N–H and O–H groups in total. The van der Waals surface area contributed by atoms with Crippen LogP contribution in [0.2, 0.25) is 0 Å². The summed E-state index contributed by atoms with van der Waals surface area (Å²) < 4.78 is 14.4. The second-order valence-corrected chi connectivity index (χ2v) is 9.41. The fraction of sp³-hybridized carbons (Fsp3) is 0.0938. The van der Waals surface area contributed by atoms with Gasteiger partial charge in [-0.2, -0.15) is 4.68 Å². The molecule has 0 aliphatic heterocycles. The van der Waals surface area contributed by atoms with E-state index in [9.17, 15) is 9.59 Å². The van der Waals surface area contributed by atoms with Gasteiger partial charge in [0.05, 0.1) is 24.5 Å². The molecule has 0 radical (unpaired) electrons. The number of benzene rings is 2. The molecule has 0 unspecified atom stereocenters. The van der Waals surface area contributed by atoms with Gasteiger partial charge in [-0.05, 0) is 48.0 Å². The third-order valence-corrected chi connectivity index (χ3v) is 6.82. The number of amides is 1. The quantitative estimate of drug-likeness (QED) is 0.282. The van der Waals surface area contributed by atoms with Crippen LogP contribution in [0.4, 0.5) is 0 Å². The Hall–Kier alpha value is -5.77. The van der Waals surface area contributed by atoms with E-state index in [0.29, 0.717) is 34.3 Å². The van der Waals surface area contributed by atoms with Gasteiger partial charge in [0, 0.05) is 49.2 Å². The number of hydrogen-bond acceptors (Lipinski definition) is 7. The van der Waals surface area contributed by atoms with E-state index in [0.717, 1.165) is 16.5 Å². The Bertz CT molecular complexity index is 1930. The molecule has 4 heterocycles. The zero-order chi connectivity index (χ0) is 29.1. The number of ether oxygens (including phenoxy) is 2. The van der Waals surface area contributed by atoms with Crippen LogP contribution in [-0.2, 0) is 13.6 Å². The smallest absolute Gasteiger partial charge is 0.286 e. The summed E-state index contributed by atoms with van der Waals surface area (Å²) in [5.74, 6) is 1.62. The average Bonchev–Trinajstić information content (AvgIpc) is 3.30. The van der Waals surface area contributed by atoms with Gasteiger partial charge in [0.2, 0.25) is 0 Å².